The van der Waals surface area contributed by atoms with E-state index in [1.54, 1.807) is 11.8 Å². The van der Waals surface area contributed by atoms with Crippen LogP contribution >= 0.6 is 12.2 Å². The zero-order valence-corrected chi connectivity index (χ0v) is 16.6. The molecule has 0 saturated carbocycles. The molecule has 0 amide bonds. The van der Waals surface area contributed by atoms with Gasteiger partial charge in [-0.2, -0.15) is 4.68 Å². The molecule has 1 N–H and O–H groups in total. The third kappa shape index (κ3) is 4.59. The van der Waals surface area contributed by atoms with Gasteiger partial charge in [-0.3, -0.25) is 0 Å². The molecule has 3 rings (SSSR count). The average molecular weight is 399 g/mol. The quantitative estimate of drug-likeness (QED) is 0.697. The Morgan fingerprint density at radius 2 is 2.12 bits per heavy atom. The number of quaternary nitrogens is 1. The summed E-state index contributed by atoms with van der Waals surface area (Å²) < 4.78 is 36.2. The Labute approximate surface area is 158 Å². The van der Waals surface area contributed by atoms with E-state index in [1.165, 1.54) is 0 Å². The minimum absolute atomic E-state index is 0.0246. The molecule has 0 radical (unpaired) electrons. The summed E-state index contributed by atoms with van der Waals surface area (Å²) in [7, 11) is -1.31. The second-order valence-electron chi connectivity index (χ2n) is 6.70. The Morgan fingerprint density at radius 1 is 1.38 bits per heavy atom. The molecule has 0 aliphatic carbocycles. The van der Waals surface area contributed by atoms with E-state index >= 15 is 0 Å². The van der Waals surface area contributed by atoms with Gasteiger partial charge in [0.2, 0.25) is 5.89 Å². The van der Waals surface area contributed by atoms with Crippen molar-refractivity contribution in [2.75, 3.05) is 31.8 Å². The minimum Gasteiger partial charge on any atom is -0.409 e. The Kier molecular flexibility index (Phi) is 5.91. The molecule has 0 bridgehead atoms. The van der Waals surface area contributed by atoms with Gasteiger partial charge in [-0.1, -0.05) is 17.7 Å². The van der Waals surface area contributed by atoms with E-state index in [0.29, 0.717) is 32.1 Å². The average Bonchev–Trinajstić information content (AvgIpc) is 3.14. The second-order valence-corrected chi connectivity index (χ2v) is 9.28. The van der Waals surface area contributed by atoms with Crippen LogP contribution in [0.1, 0.15) is 12.0 Å². The maximum atomic E-state index is 11.8. The molecule has 1 aliphatic rings. The van der Waals surface area contributed by atoms with Crippen LogP contribution in [0.5, 0.6) is 0 Å². The number of methoxy groups -OCH3 is 1. The summed E-state index contributed by atoms with van der Waals surface area (Å²) in [6.07, 6.45) is 0.650. The fourth-order valence-electron chi connectivity index (χ4n) is 3.17. The number of benzene rings is 1. The van der Waals surface area contributed by atoms with E-state index in [1.807, 2.05) is 31.2 Å². The third-order valence-corrected chi connectivity index (χ3v) is 6.76. The summed E-state index contributed by atoms with van der Waals surface area (Å²) in [6, 6.07) is 7.90. The first-order chi connectivity index (χ1) is 12.4. The highest BCUT2D eigenvalue weighted by atomic mass is 32.2. The van der Waals surface area contributed by atoms with Crippen molar-refractivity contribution in [2.45, 2.75) is 26.1 Å². The summed E-state index contributed by atoms with van der Waals surface area (Å²) in [5, 5.41) is 4.50. The van der Waals surface area contributed by atoms with Gasteiger partial charge < -0.3 is 14.1 Å². The summed E-state index contributed by atoms with van der Waals surface area (Å²) >= 11 is 5.32. The van der Waals surface area contributed by atoms with Gasteiger partial charge in [-0.15, -0.1) is 5.10 Å². The minimum atomic E-state index is -2.95. The van der Waals surface area contributed by atoms with E-state index < -0.39 is 9.84 Å². The molecule has 1 unspecified atom stereocenters. The van der Waals surface area contributed by atoms with Crippen molar-refractivity contribution in [1.29, 1.82) is 0 Å². The van der Waals surface area contributed by atoms with E-state index in [9.17, 15) is 8.42 Å². The fourth-order valence-corrected chi connectivity index (χ4v) is 5.18. The summed E-state index contributed by atoms with van der Waals surface area (Å²) in [4.78, 5) is 1.38. The highest BCUT2D eigenvalue weighted by molar-refractivity contribution is 7.91. The maximum Gasteiger partial charge on any atom is 0.292 e. The normalized spacial score (nSPS) is 20.3. The van der Waals surface area contributed by atoms with Gasteiger partial charge in [-0.25, -0.2) is 8.42 Å². The van der Waals surface area contributed by atoms with Crippen LogP contribution in [-0.4, -0.2) is 56.0 Å². The standard InChI is InChI=1S/C17H23N3O4S2/c1-13-3-5-14(6-4-13)16-18-20(17(25)24-16)12-19(8-9-23-2)15-7-10-26(21,22)11-15/h3-6,15H,7-12H2,1-2H3/p+1/t15-/m1/s1. The predicted molar refractivity (Wildman–Crippen MR) is 100 cm³/mol. The van der Waals surface area contributed by atoms with Crippen molar-refractivity contribution in [3.8, 4) is 11.5 Å². The van der Waals surface area contributed by atoms with Crippen LogP contribution in [0.3, 0.4) is 0 Å². The number of aromatic nitrogens is 2. The highest BCUT2D eigenvalue weighted by Gasteiger charge is 2.35. The van der Waals surface area contributed by atoms with Crippen molar-refractivity contribution < 1.29 is 22.5 Å². The van der Waals surface area contributed by atoms with Gasteiger partial charge in [0.1, 0.15) is 18.3 Å². The van der Waals surface area contributed by atoms with Gasteiger partial charge in [0.25, 0.3) is 4.84 Å². The number of hydrogen-bond donors (Lipinski definition) is 1. The Bertz CT molecular complexity index is 903. The first kappa shape index (κ1) is 19.2. The van der Waals surface area contributed by atoms with E-state index in [2.05, 4.69) is 5.10 Å². The number of sulfone groups is 1. The molecule has 1 saturated heterocycles. The van der Waals surface area contributed by atoms with Crippen LogP contribution in [0.4, 0.5) is 0 Å². The van der Waals surface area contributed by atoms with Crippen molar-refractivity contribution in [3.05, 3.63) is 34.7 Å². The molecule has 2 heterocycles. The Morgan fingerprint density at radius 3 is 2.73 bits per heavy atom. The SMILES string of the molecule is COCC[NH+](Cn1nc(-c2ccc(C)cc2)oc1=S)[C@@H]1CCS(=O)(=O)C1. The van der Waals surface area contributed by atoms with Crippen LogP contribution in [0.2, 0.25) is 0 Å². The smallest absolute Gasteiger partial charge is 0.292 e. The Hall–Kier alpha value is -1.55. The number of hydrogen-bond acceptors (Lipinski definition) is 6. The number of nitrogens with zero attached hydrogens (tertiary/aromatic N) is 2. The zero-order valence-electron chi connectivity index (χ0n) is 15.0. The molecular weight excluding hydrogens is 374 g/mol. The Balaban J connectivity index is 1.80. The number of ether oxygens (including phenoxy) is 1. The van der Waals surface area contributed by atoms with Gasteiger partial charge in [0.05, 0.1) is 12.4 Å². The van der Waals surface area contributed by atoms with Crippen molar-refractivity contribution in [1.82, 2.24) is 9.78 Å². The van der Waals surface area contributed by atoms with Crippen LogP contribution < -0.4 is 4.90 Å². The van der Waals surface area contributed by atoms with E-state index in [-0.39, 0.29) is 22.4 Å². The number of aryl methyl sites for hydroxylation is 1. The zero-order chi connectivity index (χ0) is 18.7. The molecule has 9 heteroatoms. The monoisotopic (exact) mass is 398 g/mol. The number of nitrogens with one attached hydrogen (secondary N) is 1. The molecule has 142 valence electrons. The van der Waals surface area contributed by atoms with Crippen molar-refractivity contribution in [2.24, 2.45) is 0 Å². The van der Waals surface area contributed by atoms with Crippen LogP contribution in [0.15, 0.2) is 28.7 Å². The van der Waals surface area contributed by atoms with Crippen LogP contribution in [-0.2, 0) is 21.2 Å². The third-order valence-electron chi connectivity index (χ3n) is 4.69. The lowest BCUT2D eigenvalue weighted by atomic mass is 10.1. The summed E-state index contributed by atoms with van der Waals surface area (Å²) in [6.45, 7) is 3.70. The molecule has 26 heavy (non-hydrogen) atoms. The largest absolute Gasteiger partial charge is 0.409 e. The molecule has 7 nitrogen and oxygen atoms in total. The van der Waals surface area contributed by atoms with Crippen LogP contribution in [0, 0.1) is 11.8 Å². The van der Waals surface area contributed by atoms with E-state index in [0.717, 1.165) is 16.0 Å². The van der Waals surface area contributed by atoms with Crippen LogP contribution in [0.25, 0.3) is 11.5 Å². The molecule has 1 fully saturated rings. The first-order valence-electron chi connectivity index (χ1n) is 8.57. The molecule has 1 aliphatic heterocycles. The van der Waals surface area contributed by atoms with Crippen molar-refractivity contribution >= 4 is 22.1 Å². The van der Waals surface area contributed by atoms with Crippen molar-refractivity contribution in [3.63, 3.8) is 0 Å². The fraction of sp³-hybridized carbons (Fsp3) is 0.529. The second kappa shape index (κ2) is 7.99. The lowest BCUT2D eigenvalue weighted by Crippen LogP contribution is -3.16. The van der Waals surface area contributed by atoms with Gasteiger partial charge in [0.15, 0.2) is 16.5 Å². The molecule has 1 aromatic carbocycles. The first-order valence-corrected chi connectivity index (χ1v) is 10.8. The molecule has 2 aromatic rings. The lowest BCUT2D eigenvalue weighted by molar-refractivity contribution is -0.945. The van der Waals surface area contributed by atoms with E-state index in [4.69, 9.17) is 21.4 Å². The summed E-state index contributed by atoms with van der Waals surface area (Å²) in [5.41, 5.74) is 2.02. The van der Waals surface area contributed by atoms with Gasteiger partial charge in [0, 0.05) is 19.1 Å². The topological polar surface area (TPSA) is 78.8 Å². The molecule has 2 atom stereocenters. The molecule has 0 spiro atoms. The maximum absolute atomic E-state index is 11.8. The molecular formula is C17H24N3O4S2+. The number of rotatable bonds is 7. The van der Waals surface area contributed by atoms with Gasteiger partial charge >= 0.3 is 0 Å². The summed E-state index contributed by atoms with van der Waals surface area (Å²) in [5.74, 6) is 0.912. The predicted octanol–water partition coefficient (Wildman–Crippen LogP) is 0.857. The van der Waals surface area contributed by atoms with Gasteiger partial charge in [-0.05, 0) is 31.3 Å². The highest BCUT2D eigenvalue weighted by Crippen LogP contribution is 2.18. The molecule has 1 aromatic heterocycles. The lowest BCUT2D eigenvalue weighted by Gasteiger charge is -2.24.